The summed E-state index contributed by atoms with van der Waals surface area (Å²) in [6.07, 6.45) is 0. The van der Waals surface area contributed by atoms with E-state index in [0.717, 1.165) is 28.0 Å². The molecule has 0 saturated carbocycles. The van der Waals surface area contributed by atoms with Crippen LogP contribution in [0.4, 0.5) is 5.69 Å². The number of benzene rings is 2. The van der Waals surface area contributed by atoms with Gasteiger partial charge in [0, 0.05) is 20.8 Å². The Hall–Kier alpha value is -3.42. The number of amides is 2. The largest absolute Gasteiger partial charge is 0.482 e. The monoisotopic (exact) mass is 646 g/mol. The molecule has 1 N–H and O–H groups in total. The van der Waals surface area contributed by atoms with Gasteiger partial charge in [-0.2, -0.15) is 0 Å². The molecule has 0 aliphatic carbocycles. The summed E-state index contributed by atoms with van der Waals surface area (Å²) in [5, 5.41) is -0.310. The number of carbonyl (C=O) groups excluding carboxylic acids is 4. The minimum Gasteiger partial charge on any atom is -0.482 e. The number of thioether (sulfide) groups is 1. The summed E-state index contributed by atoms with van der Waals surface area (Å²) in [7, 11) is 0. The lowest BCUT2D eigenvalue weighted by Crippen LogP contribution is -2.32. The van der Waals surface area contributed by atoms with Crippen molar-refractivity contribution in [1.82, 2.24) is 4.98 Å². The highest BCUT2D eigenvalue weighted by atomic mass is 79.9. The maximum atomic E-state index is 14.0. The maximum Gasteiger partial charge on any atom is 0.344 e. The number of ether oxygens (including phenoxy) is 3. The molecule has 13 heteroatoms. The van der Waals surface area contributed by atoms with Gasteiger partial charge in [-0.05, 0) is 56.3 Å². The molecule has 1 aromatic heterocycles. The third-order valence-corrected chi connectivity index (χ3v) is 9.31. The van der Waals surface area contributed by atoms with Gasteiger partial charge in [0.2, 0.25) is 11.8 Å². The number of halogens is 1. The Kier molecular flexibility index (Phi) is 8.15. The van der Waals surface area contributed by atoms with E-state index in [1.165, 1.54) is 24.3 Å². The summed E-state index contributed by atoms with van der Waals surface area (Å²) in [6.45, 7) is 3.47. The molecule has 3 aromatic rings. The number of nitrogens with one attached hydrogen (secondary N) is 1. The number of imide groups is 1. The highest BCUT2D eigenvalue weighted by molar-refractivity contribution is 9.10. The smallest absolute Gasteiger partial charge is 0.344 e. The summed E-state index contributed by atoms with van der Waals surface area (Å²) in [4.78, 5) is 68.4. The van der Waals surface area contributed by atoms with Gasteiger partial charge in [-0.1, -0.05) is 39.0 Å². The molecule has 0 radical (unpaired) electrons. The predicted octanol–water partition coefficient (Wildman–Crippen LogP) is 4.11. The number of carbonyl (C=O) groups is 4. The lowest BCUT2D eigenvalue weighted by atomic mass is 9.82. The first-order valence-electron chi connectivity index (χ1n) is 12.4. The van der Waals surface area contributed by atoms with Gasteiger partial charge in [0.05, 0.1) is 35.4 Å². The SMILES string of the molecule is CCOC(=O)COc1ccc(Br)cc1[C@H]1c2sc(=O)[nH]c2SC2C(=O)N(c3ccc(C(=O)OCC)cc3)C(=O)C21. The van der Waals surface area contributed by atoms with Gasteiger partial charge in [-0.25, -0.2) is 14.5 Å². The average molecular weight is 648 g/mol. The fourth-order valence-electron chi connectivity index (χ4n) is 4.80. The fourth-order valence-corrected chi connectivity index (χ4v) is 7.69. The zero-order valence-electron chi connectivity index (χ0n) is 21.3. The number of nitrogens with zero attached hydrogens (tertiary/aromatic N) is 1. The minimum atomic E-state index is -0.861. The van der Waals surface area contributed by atoms with Gasteiger partial charge in [0.15, 0.2) is 6.61 Å². The highest BCUT2D eigenvalue weighted by Gasteiger charge is 2.56. The molecule has 40 heavy (non-hydrogen) atoms. The third kappa shape index (κ3) is 5.20. The normalized spacial score (nSPS) is 19.7. The Labute approximate surface area is 245 Å². The molecule has 2 aliphatic heterocycles. The van der Waals surface area contributed by atoms with Crippen LogP contribution in [0.15, 0.2) is 56.8 Å². The molecule has 1 fully saturated rings. The fraction of sp³-hybridized carbons (Fsp3) is 0.296. The number of esters is 2. The molecule has 2 amide bonds. The summed E-state index contributed by atoms with van der Waals surface area (Å²) in [6, 6.07) is 11.2. The minimum absolute atomic E-state index is 0.201. The van der Waals surface area contributed by atoms with Crippen LogP contribution in [-0.2, 0) is 23.9 Å². The van der Waals surface area contributed by atoms with Gasteiger partial charge >= 0.3 is 16.8 Å². The van der Waals surface area contributed by atoms with Gasteiger partial charge < -0.3 is 19.2 Å². The lowest BCUT2D eigenvalue weighted by molar-refractivity contribution is -0.145. The third-order valence-electron chi connectivity index (χ3n) is 6.42. The summed E-state index contributed by atoms with van der Waals surface area (Å²) >= 11 is 5.59. The van der Waals surface area contributed by atoms with Crippen LogP contribution in [0.25, 0.3) is 0 Å². The van der Waals surface area contributed by atoms with E-state index >= 15 is 0 Å². The van der Waals surface area contributed by atoms with Crippen molar-refractivity contribution in [2.24, 2.45) is 5.92 Å². The van der Waals surface area contributed by atoms with Crippen molar-refractivity contribution in [2.45, 2.75) is 30.0 Å². The second-order valence-corrected chi connectivity index (χ2v) is 11.9. The molecule has 0 bridgehead atoms. The molecule has 2 aromatic carbocycles. The van der Waals surface area contributed by atoms with E-state index < -0.39 is 40.8 Å². The number of H-pyrrole nitrogens is 1. The molecule has 2 unspecified atom stereocenters. The number of anilines is 1. The first kappa shape index (κ1) is 28.1. The summed E-state index contributed by atoms with van der Waals surface area (Å²) in [5.41, 5.74) is 1.17. The van der Waals surface area contributed by atoms with Crippen molar-refractivity contribution in [3.05, 3.63) is 72.6 Å². The highest BCUT2D eigenvalue weighted by Crippen LogP contribution is 2.54. The molecule has 0 spiro atoms. The van der Waals surface area contributed by atoms with Gasteiger partial charge in [0.1, 0.15) is 11.0 Å². The Morgan fingerprint density at radius 2 is 1.73 bits per heavy atom. The van der Waals surface area contributed by atoms with Crippen LogP contribution in [0.1, 0.15) is 40.6 Å². The molecule has 1 saturated heterocycles. The zero-order chi connectivity index (χ0) is 28.6. The number of fused-ring (bicyclic) bond motifs is 2. The van der Waals surface area contributed by atoms with Crippen LogP contribution >= 0.6 is 39.0 Å². The van der Waals surface area contributed by atoms with E-state index in [9.17, 15) is 24.0 Å². The van der Waals surface area contributed by atoms with Crippen LogP contribution < -0.4 is 14.5 Å². The number of hydrogen-bond acceptors (Lipinski definition) is 10. The zero-order valence-corrected chi connectivity index (χ0v) is 24.5. The van der Waals surface area contributed by atoms with E-state index in [0.29, 0.717) is 36.9 Å². The Morgan fingerprint density at radius 3 is 2.42 bits per heavy atom. The number of aromatic nitrogens is 1. The number of hydrogen-bond donors (Lipinski definition) is 1. The predicted molar refractivity (Wildman–Crippen MR) is 151 cm³/mol. The van der Waals surface area contributed by atoms with Gasteiger partial charge in [0.25, 0.3) is 0 Å². The van der Waals surface area contributed by atoms with Crippen molar-refractivity contribution < 1.29 is 33.4 Å². The molecule has 5 rings (SSSR count). The topological polar surface area (TPSA) is 132 Å². The van der Waals surface area contributed by atoms with Crippen LogP contribution in [0.3, 0.4) is 0 Å². The molecular formula is C27H23BrN2O8S2. The molecule has 10 nitrogen and oxygen atoms in total. The molecule has 2 aliphatic rings. The first-order chi connectivity index (χ1) is 19.2. The van der Waals surface area contributed by atoms with Crippen LogP contribution in [0.5, 0.6) is 5.75 Å². The number of rotatable bonds is 8. The summed E-state index contributed by atoms with van der Waals surface area (Å²) in [5.74, 6) is -3.17. The van der Waals surface area contributed by atoms with E-state index in [2.05, 4.69) is 20.9 Å². The second kappa shape index (κ2) is 11.6. The van der Waals surface area contributed by atoms with Crippen LogP contribution in [-0.4, -0.2) is 53.8 Å². The Bertz CT molecular complexity index is 1550. The van der Waals surface area contributed by atoms with Crippen LogP contribution in [0, 0.1) is 5.92 Å². The first-order valence-corrected chi connectivity index (χ1v) is 14.8. The molecular weight excluding hydrogens is 624 g/mol. The number of aromatic amines is 1. The molecule has 3 heterocycles. The van der Waals surface area contributed by atoms with Crippen molar-refractivity contribution in [3.63, 3.8) is 0 Å². The standard InChI is InChI=1S/C27H23BrN2O8S2/c1-3-36-18(31)12-38-17-10-7-14(28)11-16(17)19-20-22(39-23-21(19)40-27(35)29-23)25(33)30(24(20)32)15-8-5-13(6-9-15)26(34)37-4-2/h5-11,19-20,22H,3-4,12H2,1-2H3,(H,29,35)/t19-,20?,22?/m1/s1. The molecule has 208 valence electrons. The van der Waals surface area contributed by atoms with Crippen molar-refractivity contribution in [3.8, 4) is 5.75 Å². The van der Waals surface area contributed by atoms with E-state index in [1.54, 1.807) is 32.0 Å². The quantitative estimate of drug-likeness (QED) is 0.284. The summed E-state index contributed by atoms with van der Waals surface area (Å²) < 4.78 is 16.5. The molecule has 3 atom stereocenters. The van der Waals surface area contributed by atoms with E-state index in [4.69, 9.17) is 14.2 Å². The van der Waals surface area contributed by atoms with Crippen LogP contribution in [0.2, 0.25) is 0 Å². The number of thiazole rings is 1. The Balaban J connectivity index is 1.55. The van der Waals surface area contributed by atoms with E-state index in [1.807, 2.05) is 0 Å². The van der Waals surface area contributed by atoms with Gasteiger partial charge in [-0.15, -0.1) is 0 Å². The van der Waals surface area contributed by atoms with Crippen molar-refractivity contribution in [1.29, 1.82) is 0 Å². The Morgan fingerprint density at radius 1 is 1.00 bits per heavy atom. The maximum absolute atomic E-state index is 14.0. The van der Waals surface area contributed by atoms with Crippen molar-refractivity contribution >= 4 is 68.5 Å². The van der Waals surface area contributed by atoms with Crippen molar-refractivity contribution in [2.75, 3.05) is 24.7 Å². The lowest BCUT2D eigenvalue weighted by Gasteiger charge is -2.31. The average Bonchev–Trinajstić information content (AvgIpc) is 3.42. The second-order valence-electron chi connectivity index (χ2n) is 8.80. The van der Waals surface area contributed by atoms with Gasteiger partial charge in [-0.3, -0.25) is 14.4 Å². The van der Waals surface area contributed by atoms with E-state index in [-0.39, 0.29) is 24.7 Å².